The van der Waals surface area contributed by atoms with Crippen LogP contribution in [0.25, 0.3) is 0 Å². The highest BCUT2D eigenvalue weighted by molar-refractivity contribution is 6.10. The molecule has 0 aliphatic heterocycles. The first-order chi connectivity index (χ1) is 7.42. The van der Waals surface area contributed by atoms with Gasteiger partial charge in [-0.05, 0) is 12.2 Å². The third-order valence-electron chi connectivity index (χ3n) is 1.76. The molecule has 0 atom stereocenters. The van der Waals surface area contributed by atoms with Gasteiger partial charge in [0.05, 0.1) is 15.9 Å². The zero-order valence-corrected chi connectivity index (χ0v) is 8.88. The second-order valence-corrected chi connectivity index (χ2v) is 2.85. The predicted molar refractivity (Wildman–Crippen MR) is 62.8 cm³/mol. The van der Waals surface area contributed by atoms with Crippen molar-refractivity contribution in [3.05, 3.63) is 68.6 Å². The Kier molecular flexibility index (Phi) is 5.47. The molecule has 0 aliphatic rings. The highest BCUT2D eigenvalue weighted by atomic mass is 16.6. The SMILES string of the molecule is BC/C(C=C)=C/C(=C\C(=C)[N+](=O)[O-])[N+](=O)[O-]. The van der Waals surface area contributed by atoms with E-state index in [1.54, 1.807) is 7.85 Å². The summed E-state index contributed by atoms with van der Waals surface area (Å²) in [7, 11) is 1.80. The summed E-state index contributed by atoms with van der Waals surface area (Å²) in [4.78, 5) is 19.4. The van der Waals surface area contributed by atoms with Gasteiger partial charge in [-0.15, -0.1) is 0 Å². The van der Waals surface area contributed by atoms with Crippen LogP contribution in [0.4, 0.5) is 0 Å². The smallest absolute Gasteiger partial charge is 0.258 e. The van der Waals surface area contributed by atoms with Gasteiger partial charge in [0.2, 0.25) is 0 Å². The zero-order chi connectivity index (χ0) is 12.7. The van der Waals surface area contributed by atoms with Crippen molar-refractivity contribution in [1.82, 2.24) is 0 Å². The molecule has 0 N–H and O–H groups in total. The number of nitro groups is 2. The average molecular weight is 222 g/mol. The first-order valence-corrected chi connectivity index (χ1v) is 4.44. The van der Waals surface area contributed by atoms with Crippen LogP contribution in [0.1, 0.15) is 0 Å². The molecule has 7 heteroatoms. The van der Waals surface area contributed by atoms with Gasteiger partial charge in [-0.2, -0.15) is 0 Å². The molecule has 16 heavy (non-hydrogen) atoms. The summed E-state index contributed by atoms with van der Waals surface area (Å²) < 4.78 is 0. The minimum atomic E-state index is -0.781. The molecule has 6 nitrogen and oxygen atoms in total. The van der Waals surface area contributed by atoms with Gasteiger partial charge < -0.3 is 0 Å². The minimum Gasteiger partial charge on any atom is -0.258 e. The second-order valence-electron chi connectivity index (χ2n) is 2.85. The van der Waals surface area contributed by atoms with Crippen LogP contribution in [0, 0.1) is 20.2 Å². The fourth-order valence-corrected chi connectivity index (χ4v) is 0.866. The van der Waals surface area contributed by atoms with Crippen LogP contribution in [-0.4, -0.2) is 17.7 Å². The van der Waals surface area contributed by atoms with Gasteiger partial charge in [0.1, 0.15) is 7.85 Å². The van der Waals surface area contributed by atoms with Crippen molar-refractivity contribution in [3.63, 3.8) is 0 Å². The van der Waals surface area contributed by atoms with Crippen LogP contribution in [0.3, 0.4) is 0 Å². The van der Waals surface area contributed by atoms with Gasteiger partial charge >= 0.3 is 0 Å². The molecule has 0 saturated heterocycles. The Hall–Kier alpha value is -2.18. The maximum atomic E-state index is 10.6. The third-order valence-corrected chi connectivity index (χ3v) is 1.76. The van der Waals surface area contributed by atoms with Gasteiger partial charge in [-0.25, -0.2) is 0 Å². The summed E-state index contributed by atoms with van der Waals surface area (Å²) in [6.45, 7) is 6.58. The molecule has 0 rings (SSSR count). The van der Waals surface area contributed by atoms with E-state index in [0.29, 0.717) is 11.9 Å². The van der Waals surface area contributed by atoms with Crippen molar-refractivity contribution in [1.29, 1.82) is 0 Å². The largest absolute Gasteiger partial charge is 0.276 e. The number of hydrogen-bond acceptors (Lipinski definition) is 4. The molecular weight excluding hydrogens is 211 g/mol. The first kappa shape index (κ1) is 13.8. The number of allylic oxidation sites excluding steroid dienone is 4. The van der Waals surface area contributed by atoms with Crippen molar-refractivity contribution in [2.24, 2.45) is 0 Å². The highest BCUT2D eigenvalue weighted by Gasteiger charge is 2.13. The van der Waals surface area contributed by atoms with Crippen LogP contribution >= 0.6 is 0 Å². The maximum absolute atomic E-state index is 10.6. The molecule has 0 aliphatic carbocycles. The zero-order valence-electron chi connectivity index (χ0n) is 8.88. The van der Waals surface area contributed by atoms with E-state index in [2.05, 4.69) is 13.2 Å². The van der Waals surface area contributed by atoms with E-state index in [1.807, 2.05) is 0 Å². The Labute approximate surface area is 93.4 Å². The highest BCUT2D eigenvalue weighted by Crippen LogP contribution is 2.10. The van der Waals surface area contributed by atoms with Gasteiger partial charge in [-0.1, -0.05) is 19.0 Å². The van der Waals surface area contributed by atoms with E-state index >= 15 is 0 Å². The minimum absolute atomic E-state index is 0.376. The molecule has 0 aromatic rings. The molecule has 0 radical (unpaired) electrons. The number of rotatable bonds is 6. The Bertz CT molecular complexity index is 398. The fourth-order valence-electron chi connectivity index (χ4n) is 0.866. The molecule has 0 heterocycles. The molecule has 0 amide bonds. The second kappa shape index (κ2) is 6.33. The third kappa shape index (κ3) is 4.36. The Morgan fingerprint density at radius 2 is 1.81 bits per heavy atom. The van der Waals surface area contributed by atoms with Gasteiger partial charge in [0, 0.05) is 6.08 Å². The molecular formula is C9H11BN2O4. The quantitative estimate of drug-likeness (QED) is 0.291. The number of hydrogen-bond donors (Lipinski definition) is 0. The summed E-state index contributed by atoms with van der Waals surface area (Å²) in [6.07, 6.45) is 4.08. The topological polar surface area (TPSA) is 86.3 Å². The molecule has 0 saturated carbocycles. The van der Waals surface area contributed by atoms with Crippen LogP contribution in [-0.2, 0) is 0 Å². The molecule has 0 fully saturated rings. The van der Waals surface area contributed by atoms with Gasteiger partial charge in [0.25, 0.3) is 11.4 Å². The van der Waals surface area contributed by atoms with E-state index in [1.165, 1.54) is 12.2 Å². The van der Waals surface area contributed by atoms with Crippen LogP contribution in [0.5, 0.6) is 0 Å². The lowest BCUT2D eigenvalue weighted by atomic mass is 9.96. The number of nitrogens with zero attached hydrogens (tertiary/aromatic N) is 2. The van der Waals surface area contributed by atoms with Crippen molar-refractivity contribution < 1.29 is 9.85 Å². The monoisotopic (exact) mass is 222 g/mol. The lowest BCUT2D eigenvalue weighted by molar-refractivity contribution is -0.430. The van der Waals surface area contributed by atoms with Gasteiger partial charge in [-0.3, -0.25) is 20.2 Å². The van der Waals surface area contributed by atoms with Crippen molar-refractivity contribution in [2.45, 2.75) is 6.32 Å². The molecule has 0 aromatic carbocycles. The van der Waals surface area contributed by atoms with Gasteiger partial charge in [0.15, 0.2) is 0 Å². The summed E-state index contributed by atoms with van der Waals surface area (Å²) in [5.41, 5.74) is -0.278. The fraction of sp³-hybridized carbons (Fsp3) is 0.111. The van der Waals surface area contributed by atoms with E-state index in [9.17, 15) is 20.2 Å². The molecule has 0 spiro atoms. The first-order valence-electron chi connectivity index (χ1n) is 4.44. The van der Waals surface area contributed by atoms with E-state index in [-0.39, 0.29) is 5.70 Å². The predicted octanol–water partition coefficient (Wildman–Crippen LogP) is 1.10. The normalized spacial score (nSPS) is 12.0. The average Bonchev–Trinajstić information content (AvgIpc) is 2.23. The lowest BCUT2D eigenvalue weighted by Gasteiger charge is -1.95. The van der Waals surface area contributed by atoms with E-state index < -0.39 is 15.5 Å². The Balaban J connectivity index is 5.25. The van der Waals surface area contributed by atoms with E-state index in [4.69, 9.17) is 0 Å². The summed E-state index contributed by atoms with van der Waals surface area (Å²) in [5, 5.41) is 20.9. The molecule has 0 bridgehead atoms. The van der Waals surface area contributed by atoms with Crippen LogP contribution in [0.15, 0.2) is 48.4 Å². The van der Waals surface area contributed by atoms with Crippen molar-refractivity contribution in [3.8, 4) is 0 Å². The summed E-state index contributed by atoms with van der Waals surface area (Å²) in [5.74, 6) is 0. The molecule has 0 aromatic heterocycles. The molecule has 84 valence electrons. The van der Waals surface area contributed by atoms with E-state index in [0.717, 1.165) is 6.08 Å². The summed E-state index contributed by atoms with van der Waals surface area (Å²) in [6, 6.07) is 0. The summed E-state index contributed by atoms with van der Waals surface area (Å²) >= 11 is 0. The standard InChI is InChI=1S/C9H11BN2O4/c1-3-8(6-10)5-9(12(15)16)4-7(2)11(13)14/h3-5H,1-2,6,10H2/b8-5+,9-4+. The van der Waals surface area contributed by atoms with Crippen molar-refractivity contribution >= 4 is 7.85 Å². The lowest BCUT2D eigenvalue weighted by Crippen LogP contribution is -2.01. The van der Waals surface area contributed by atoms with Crippen molar-refractivity contribution in [2.75, 3.05) is 0 Å². The Morgan fingerprint density at radius 3 is 2.12 bits per heavy atom. The molecule has 0 unspecified atom stereocenters. The van der Waals surface area contributed by atoms with Crippen LogP contribution < -0.4 is 0 Å². The van der Waals surface area contributed by atoms with Crippen LogP contribution in [0.2, 0.25) is 6.32 Å². The maximum Gasteiger partial charge on any atom is 0.276 e. The Morgan fingerprint density at radius 1 is 1.25 bits per heavy atom.